The van der Waals surface area contributed by atoms with Gasteiger partial charge >= 0.3 is 6.03 Å². The van der Waals surface area contributed by atoms with E-state index in [0.29, 0.717) is 39.1 Å². The third-order valence-electron chi connectivity index (χ3n) is 5.94. The Kier molecular flexibility index (Phi) is 9.06. The van der Waals surface area contributed by atoms with Gasteiger partial charge in [0.25, 0.3) is 0 Å². The first-order valence-corrected chi connectivity index (χ1v) is 10.9. The number of hydrogen-bond donors (Lipinski definition) is 2. The van der Waals surface area contributed by atoms with Gasteiger partial charge in [0.05, 0.1) is 19.3 Å². The molecular formula is C21H38N4O5. The highest BCUT2D eigenvalue weighted by atomic mass is 16.5. The molecule has 30 heavy (non-hydrogen) atoms. The van der Waals surface area contributed by atoms with E-state index in [0.717, 1.165) is 13.0 Å². The van der Waals surface area contributed by atoms with E-state index >= 15 is 0 Å². The highest BCUT2D eigenvalue weighted by Crippen LogP contribution is 2.27. The minimum Gasteiger partial charge on any atom is -0.378 e. The first-order chi connectivity index (χ1) is 14.1. The molecular weight excluding hydrogens is 388 g/mol. The van der Waals surface area contributed by atoms with Crippen molar-refractivity contribution in [2.75, 3.05) is 53.6 Å². The topological polar surface area (TPSA) is 100 Å². The number of carbonyl (C=O) groups excluding carboxylic acids is 3. The minimum atomic E-state index is -0.724. The molecule has 2 fully saturated rings. The maximum Gasteiger partial charge on any atom is 0.318 e. The van der Waals surface area contributed by atoms with Gasteiger partial charge in [-0.1, -0.05) is 27.2 Å². The summed E-state index contributed by atoms with van der Waals surface area (Å²) in [5, 5.41) is 5.76. The van der Waals surface area contributed by atoms with Crippen LogP contribution < -0.4 is 10.6 Å². The predicted molar refractivity (Wildman–Crippen MR) is 113 cm³/mol. The molecule has 9 nitrogen and oxygen atoms in total. The quantitative estimate of drug-likeness (QED) is 0.561. The SMILES string of the molecule is CCC(C)(C)C[C@H](NC(=O)N1CCOCC1)C(=O)NC1C(=O)COC1CCN(C)C. The second kappa shape index (κ2) is 11.1. The van der Waals surface area contributed by atoms with Crippen molar-refractivity contribution >= 4 is 17.7 Å². The molecule has 2 rings (SSSR count). The van der Waals surface area contributed by atoms with E-state index in [1.165, 1.54) is 0 Å². The highest BCUT2D eigenvalue weighted by Gasteiger charge is 2.39. The second-order valence-electron chi connectivity index (χ2n) is 9.22. The van der Waals surface area contributed by atoms with Crippen LogP contribution in [0.1, 0.15) is 40.0 Å². The molecule has 0 aromatic rings. The molecule has 2 heterocycles. The van der Waals surface area contributed by atoms with Crippen LogP contribution in [0.5, 0.6) is 0 Å². The first kappa shape index (κ1) is 24.6. The molecule has 2 N–H and O–H groups in total. The molecule has 0 radical (unpaired) electrons. The Labute approximate surface area is 179 Å². The summed E-state index contributed by atoms with van der Waals surface area (Å²) in [7, 11) is 3.91. The van der Waals surface area contributed by atoms with Crippen molar-refractivity contribution in [2.45, 2.75) is 58.2 Å². The molecule has 0 bridgehead atoms. The summed E-state index contributed by atoms with van der Waals surface area (Å²) in [6.07, 6.45) is 1.64. The Morgan fingerprint density at radius 1 is 1.27 bits per heavy atom. The van der Waals surface area contributed by atoms with E-state index in [1.54, 1.807) is 4.90 Å². The van der Waals surface area contributed by atoms with Crippen LogP contribution in [0, 0.1) is 5.41 Å². The average molecular weight is 427 g/mol. The number of Topliss-reactive ketones (excluding diaryl/α,β-unsaturated/α-hetero) is 1. The van der Waals surface area contributed by atoms with Gasteiger partial charge in [-0.05, 0) is 32.4 Å². The van der Waals surface area contributed by atoms with Crippen LogP contribution in [0.25, 0.3) is 0 Å². The molecule has 2 unspecified atom stereocenters. The molecule has 0 aliphatic carbocycles. The fraction of sp³-hybridized carbons (Fsp3) is 0.857. The van der Waals surface area contributed by atoms with Crippen molar-refractivity contribution in [3.05, 3.63) is 0 Å². The van der Waals surface area contributed by atoms with Gasteiger partial charge in [0.1, 0.15) is 18.7 Å². The number of ether oxygens (including phenoxy) is 2. The molecule has 172 valence electrons. The van der Waals surface area contributed by atoms with E-state index in [2.05, 4.69) is 31.4 Å². The number of morpholine rings is 1. The van der Waals surface area contributed by atoms with Crippen molar-refractivity contribution < 1.29 is 23.9 Å². The summed E-state index contributed by atoms with van der Waals surface area (Å²) in [6, 6.07) is -1.67. The van der Waals surface area contributed by atoms with Crippen molar-refractivity contribution in [2.24, 2.45) is 5.41 Å². The predicted octanol–water partition coefficient (Wildman–Crippen LogP) is 0.628. The van der Waals surface area contributed by atoms with Crippen LogP contribution in [0.15, 0.2) is 0 Å². The number of rotatable bonds is 9. The lowest BCUT2D eigenvalue weighted by Crippen LogP contribution is -2.57. The van der Waals surface area contributed by atoms with Crippen molar-refractivity contribution in [1.82, 2.24) is 20.4 Å². The first-order valence-electron chi connectivity index (χ1n) is 10.9. The van der Waals surface area contributed by atoms with Gasteiger partial charge in [-0.3, -0.25) is 9.59 Å². The standard InChI is InChI=1S/C21H38N4O5/c1-6-21(2,3)13-15(22-20(28)25-9-11-29-12-10-25)19(27)23-18-16(26)14-30-17(18)7-8-24(4)5/h15,17-18H,6-14H2,1-5H3,(H,22,28)(H,23,27)/t15-,17?,18?/m0/s1. The number of amides is 3. The van der Waals surface area contributed by atoms with Gasteiger partial charge < -0.3 is 29.9 Å². The van der Waals surface area contributed by atoms with Crippen LogP contribution in [0.4, 0.5) is 4.79 Å². The Balaban J connectivity index is 2.06. The van der Waals surface area contributed by atoms with E-state index < -0.39 is 12.1 Å². The largest absolute Gasteiger partial charge is 0.378 e. The molecule has 3 amide bonds. The zero-order valence-electron chi connectivity index (χ0n) is 19.0. The van der Waals surface area contributed by atoms with Gasteiger partial charge in [0.15, 0.2) is 5.78 Å². The Bertz CT molecular complexity index is 604. The molecule has 0 saturated carbocycles. The minimum absolute atomic E-state index is 0.00823. The highest BCUT2D eigenvalue weighted by molar-refractivity contribution is 5.94. The molecule has 2 saturated heterocycles. The molecule has 2 aliphatic heterocycles. The maximum absolute atomic E-state index is 13.2. The normalized spacial score (nSPS) is 23.5. The van der Waals surface area contributed by atoms with Crippen LogP contribution in [-0.2, 0) is 19.1 Å². The van der Waals surface area contributed by atoms with Crippen LogP contribution in [-0.4, -0.2) is 99.3 Å². The summed E-state index contributed by atoms with van der Waals surface area (Å²) in [6.45, 7) is 8.94. The second-order valence-corrected chi connectivity index (χ2v) is 9.22. The molecule has 0 aromatic carbocycles. The van der Waals surface area contributed by atoms with E-state index in [4.69, 9.17) is 9.47 Å². The van der Waals surface area contributed by atoms with Crippen LogP contribution in [0.3, 0.4) is 0 Å². The number of nitrogens with one attached hydrogen (secondary N) is 2. The molecule has 9 heteroatoms. The maximum atomic E-state index is 13.2. The van der Waals surface area contributed by atoms with Crippen LogP contribution >= 0.6 is 0 Å². The van der Waals surface area contributed by atoms with Gasteiger partial charge in [0, 0.05) is 19.6 Å². The fourth-order valence-electron chi connectivity index (χ4n) is 3.56. The third-order valence-corrected chi connectivity index (χ3v) is 5.94. The zero-order chi connectivity index (χ0) is 22.3. The van der Waals surface area contributed by atoms with Gasteiger partial charge in [-0.25, -0.2) is 4.79 Å². The molecule has 0 aromatic heterocycles. The summed E-state index contributed by atoms with van der Waals surface area (Å²) in [4.78, 5) is 41.9. The van der Waals surface area contributed by atoms with Crippen molar-refractivity contribution in [3.63, 3.8) is 0 Å². The third kappa shape index (κ3) is 7.21. The van der Waals surface area contributed by atoms with Gasteiger partial charge in [-0.15, -0.1) is 0 Å². The van der Waals surface area contributed by atoms with Gasteiger partial charge in [0.2, 0.25) is 5.91 Å². The Morgan fingerprint density at radius 3 is 2.53 bits per heavy atom. The Hall–Kier alpha value is -1.71. The number of carbonyl (C=O) groups is 3. The molecule has 3 atom stereocenters. The monoisotopic (exact) mass is 426 g/mol. The lowest BCUT2D eigenvalue weighted by molar-refractivity contribution is -0.128. The summed E-state index contributed by atoms with van der Waals surface area (Å²) >= 11 is 0. The number of nitrogens with zero attached hydrogens (tertiary/aromatic N) is 2. The summed E-state index contributed by atoms with van der Waals surface area (Å²) in [5.41, 5.74) is -0.138. The molecule has 0 spiro atoms. The Morgan fingerprint density at radius 2 is 1.93 bits per heavy atom. The van der Waals surface area contributed by atoms with E-state index in [9.17, 15) is 14.4 Å². The zero-order valence-corrected chi connectivity index (χ0v) is 19.0. The van der Waals surface area contributed by atoms with Crippen molar-refractivity contribution in [1.29, 1.82) is 0 Å². The fourth-order valence-corrected chi connectivity index (χ4v) is 3.56. The van der Waals surface area contributed by atoms with Crippen LogP contribution in [0.2, 0.25) is 0 Å². The lowest BCUT2D eigenvalue weighted by atomic mass is 9.83. The van der Waals surface area contributed by atoms with E-state index in [1.807, 2.05) is 19.0 Å². The summed E-state index contributed by atoms with van der Waals surface area (Å²) < 4.78 is 10.9. The van der Waals surface area contributed by atoms with E-state index in [-0.39, 0.29) is 35.8 Å². The number of ketones is 1. The molecule has 2 aliphatic rings. The summed E-state index contributed by atoms with van der Waals surface area (Å²) in [5.74, 6) is -0.461. The van der Waals surface area contributed by atoms with Gasteiger partial charge in [-0.2, -0.15) is 0 Å². The number of hydrogen-bond acceptors (Lipinski definition) is 6. The lowest BCUT2D eigenvalue weighted by Gasteiger charge is -2.33. The van der Waals surface area contributed by atoms with Crippen molar-refractivity contribution in [3.8, 4) is 0 Å². The average Bonchev–Trinajstić information content (AvgIpc) is 3.05. The number of urea groups is 1. The smallest absolute Gasteiger partial charge is 0.318 e.